The molecular weight excluding hydrogens is 450 g/mol. The summed E-state index contributed by atoms with van der Waals surface area (Å²) in [4.78, 5) is 15.4. The molecule has 0 spiro atoms. The van der Waals surface area contributed by atoms with Gasteiger partial charge in [-0.1, -0.05) is 30.3 Å². The highest BCUT2D eigenvalue weighted by Crippen LogP contribution is 2.56. The molecule has 0 aliphatic carbocycles. The summed E-state index contributed by atoms with van der Waals surface area (Å²) in [6, 6.07) is 16.3. The molecule has 4 rings (SSSR count). The molecule has 8 nitrogen and oxygen atoms in total. The minimum absolute atomic E-state index is 0.0737. The Labute approximate surface area is 204 Å². The number of β-lactam (4-membered cyclic amide) rings is 1. The number of rotatable bonds is 9. The molecule has 3 aromatic rings. The topological polar surface area (TPSA) is 75.7 Å². The highest BCUT2D eigenvalue weighted by Gasteiger charge is 2.52. The molecular formula is C27H29NO7. The van der Waals surface area contributed by atoms with Crippen LogP contribution in [0.4, 0.5) is 5.69 Å². The number of benzene rings is 3. The quantitative estimate of drug-likeness (QED) is 0.415. The van der Waals surface area contributed by atoms with Crippen LogP contribution in [0, 0.1) is 0 Å². The molecule has 35 heavy (non-hydrogen) atoms. The van der Waals surface area contributed by atoms with Gasteiger partial charge in [-0.25, -0.2) is 0 Å². The molecule has 1 amide bonds. The summed E-state index contributed by atoms with van der Waals surface area (Å²) >= 11 is 0. The van der Waals surface area contributed by atoms with Crippen LogP contribution in [0.25, 0.3) is 0 Å². The molecule has 2 atom stereocenters. The molecule has 8 heteroatoms. The van der Waals surface area contributed by atoms with Crippen molar-refractivity contribution in [1.29, 1.82) is 0 Å². The summed E-state index contributed by atoms with van der Waals surface area (Å²) in [6.45, 7) is 0. The number of carbonyl (C=O) groups is 1. The largest absolute Gasteiger partial charge is 0.496 e. The van der Waals surface area contributed by atoms with E-state index in [1.54, 1.807) is 64.7 Å². The molecule has 1 aliphatic heterocycles. The van der Waals surface area contributed by atoms with E-state index in [2.05, 4.69) is 0 Å². The van der Waals surface area contributed by atoms with E-state index >= 15 is 0 Å². The maximum Gasteiger partial charge on any atom is 0.237 e. The van der Waals surface area contributed by atoms with Crippen LogP contribution in [-0.4, -0.2) is 48.6 Å². The molecule has 0 aromatic heterocycles. The van der Waals surface area contributed by atoms with Gasteiger partial charge in [-0.15, -0.1) is 0 Å². The molecule has 0 unspecified atom stereocenters. The van der Waals surface area contributed by atoms with Crippen LogP contribution in [0.2, 0.25) is 0 Å². The number of amides is 1. The average Bonchev–Trinajstić information content (AvgIpc) is 2.90. The van der Waals surface area contributed by atoms with Gasteiger partial charge in [-0.3, -0.25) is 4.79 Å². The normalized spacial score (nSPS) is 16.9. The summed E-state index contributed by atoms with van der Waals surface area (Å²) in [5.74, 6) is 2.51. The molecule has 1 fully saturated rings. The summed E-state index contributed by atoms with van der Waals surface area (Å²) in [6.07, 6.45) is 0. The number of hydrogen-bond donors (Lipinski definition) is 0. The Balaban J connectivity index is 1.94. The Morgan fingerprint density at radius 1 is 0.657 bits per heavy atom. The van der Waals surface area contributed by atoms with Crippen LogP contribution in [0.5, 0.6) is 34.5 Å². The van der Waals surface area contributed by atoms with E-state index < -0.39 is 12.0 Å². The zero-order valence-electron chi connectivity index (χ0n) is 20.7. The fraction of sp³-hybridized carbons (Fsp3) is 0.296. The first kappa shape index (κ1) is 24.1. The average molecular weight is 480 g/mol. The van der Waals surface area contributed by atoms with Crippen molar-refractivity contribution in [3.63, 3.8) is 0 Å². The van der Waals surface area contributed by atoms with Crippen molar-refractivity contribution >= 4 is 11.6 Å². The van der Waals surface area contributed by atoms with E-state index in [-0.39, 0.29) is 5.91 Å². The molecule has 1 heterocycles. The molecule has 3 aromatic carbocycles. The lowest BCUT2D eigenvalue weighted by Gasteiger charge is -2.48. The second-order valence-corrected chi connectivity index (χ2v) is 7.87. The minimum atomic E-state index is -0.452. The van der Waals surface area contributed by atoms with E-state index in [9.17, 15) is 4.79 Å². The van der Waals surface area contributed by atoms with Crippen LogP contribution in [0.1, 0.15) is 23.1 Å². The van der Waals surface area contributed by atoms with Crippen molar-refractivity contribution in [2.24, 2.45) is 0 Å². The lowest BCUT2D eigenvalue weighted by molar-refractivity contribution is -0.126. The SMILES string of the molecule is COc1cc(OC)c([C@@H]2[C@@H](c3ccccc3)C(=O)N2c2cc(OC)c(OC)c(OC)c2)c(OC)c1. The minimum Gasteiger partial charge on any atom is -0.496 e. The van der Waals surface area contributed by atoms with Crippen molar-refractivity contribution in [2.45, 2.75) is 12.0 Å². The highest BCUT2D eigenvalue weighted by atomic mass is 16.5. The second-order valence-electron chi connectivity index (χ2n) is 7.87. The smallest absolute Gasteiger partial charge is 0.237 e. The van der Waals surface area contributed by atoms with Crippen molar-refractivity contribution in [3.05, 3.63) is 65.7 Å². The summed E-state index contributed by atoms with van der Waals surface area (Å²) in [5, 5.41) is 0. The van der Waals surface area contributed by atoms with Crippen LogP contribution in [-0.2, 0) is 4.79 Å². The van der Waals surface area contributed by atoms with Crippen molar-refractivity contribution in [3.8, 4) is 34.5 Å². The fourth-order valence-electron chi connectivity index (χ4n) is 4.59. The summed E-state index contributed by atoms with van der Waals surface area (Å²) in [7, 11) is 9.36. The van der Waals surface area contributed by atoms with Gasteiger partial charge < -0.3 is 33.3 Å². The van der Waals surface area contributed by atoms with E-state index in [0.29, 0.717) is 40.2 Å². The van der Waals surface area contributed by atoms with Crippen LogP contribution in [0.3, 0.4) is 0 Å². The van der Waals surface area contributed by atoms with Gasteiger partial charge in [0.25, 0.3) is 0 Å². The van der Waals surface area contributed by atoms with Gasteiger partial charge in [0.15, 0.2) is 11.5 Å². The third-order valence-electron chi connectivity index (χ3n) is 6.23. The molecule has 0 bridgehead atoms. The number of anilines is 1. The Hall–Kier alpha value is -4.07. The van der Waals surface area contributed by atoms with Crippen molar-refractivity contribution < 1.29 is 33.2 Å². The zero-order chi connectivity index (χ0) is 25.1. The Morgan fingerprint density at radius 2 is 1.20 bits per heavy atom. The first-order chi connectivity index (χ1) is 17.0. The third kappa shape index (κ3) is 4.05. The number of carbonyl (C=O) groups excluding carboxylic acids is 1. The molecule has 0 N–H and O–H groups in total. The number of nitrogens with zero attached hydrogens (tertiary/aromatic N) is 1. The fourth-order valence-corrected chi connectivity index (χ4v) is 4.59. The monoisotopic (exact) mass is 479 g/mol. The van der Waals surface area contributed by atoms with Crippen molar-refractivity contribution in [1.82, 2.24) is 0 Å². The highest BCUT2D eigenvalue weighted by molar-refractivity contribution is 6.07. The lowest BCUT2D eigenvalue weighted by atomic mass is 9.76. The molecule has 0 saturated carbocycles. The Morgan fingerprint density at radius 3 is 1.66 bits per heavy atom. The maximum atomic E-state index is 13.7. The molecule has 184 valence electrons. The lowest BCUT2D eigenvalue weighted by Crippen LogP contribution is -2.53. The van der Waals surface area contributed by atoms with Gasteiger partial charge in [0.05, 0.1) is 65.9 Å². The predicted molar refractivity (Wildman–Crippen MR) is 132 cm³/mol. The Kier molecular flexibility index (Phi) is 6.91. The van der Waals surface area contributed by atoms with Gasteiger partial charge in [0.1, 0.15) is 17.2 Å². The Bertz CT molecular complexity index is 1160. The number of hydrogen-bond acceptors (Lipinski definition) is 7. The van der Waals surface area contributed by atoms with Crippen LogP contribution in [0.15, 0.2) is 54.6 Å². The van der Waals surface area contributed by atoms with Crippen molar-refractivity contribution in [2.75, 3.05) is 47.6 Å². The van der Waals surface area contributed by atoms with Gasteiger partial charge in [0, 0.05) is 24.3 Å². The zero-order valence-corrected chi connectivity index (χ0v) is 20.7. The number of methoxy groups -OCH3 is 6. The molecule has 1 aliphatic rings. The van der Waals surface area contributed by atoms with E-state index in [1.807, 2.05) is 30.3 Å². The molecule has 1 saturated heterocycles. The second kappa shape index (κ2) is 10.0. The summed E-state index contributed by atoms with van der Waals surface area (Å²) < 4.78 is 33.5. The third-order valence-corrected chi connectivity index (χ3v) is 6.23. The van der Waals surface area contributed by atoms with E-state index in [4.69, 9.17) is 28.4 Å². The molecule has 0 radical (unpaired) electrons. The van der Waals surface area contributed by atoms with Gasteiger partial charge in [-0.05, 0) is 5.56 Å². The first-order valence-corrected chi connectivity index (χ1v) is 11.0. The van der Waals surface area contributed by atoms with Gasteiger partial charge >= 0.3 is 0 Å². The van der Waals surface area contributed by atoms with E-state index in [0.717, 1.165) is 11.1 Å². The first-order valence-electron chi connectivity index (χ1n) is 11.0. The standard InChI is InChI=1S/C27H29NO7/c1-30-18-14-19(31-2)24(20(15-18)32-3)25-23(16-10-8-7-9-11-16)27(29)28(25)17-12-21(33-4)26(35-6)22(13-17)34-5/h7-15,23,25H,1-6H3/t23-,25+/m1/s1. The number of ether oxygens (including phenoxy) is 6. The van der Waals surface area contributed by atoms with Gasteiger partial charge in [0.2, 0.25) is 11.7 Å². The van der Waals surface area contributed by atoms with Crippen LogP contribution < -0.4 is 33.3 Å². The summed E-state index contributed by atoms with van der Waals surface area (Å²) in [5.41, 5.74) is 2.23. The predicted octanol–water partition coefficient (Wildman–Crippen LogP) is 4.61. The maximum absolute atomic E-state index is 13.7. The van der Waals surface area contributed by atoms with E-state index in [1.165, 1.54) is 7.11 Å². The van der Waals surface area contributed by atoms with Crippen LogP contribution >= 0.6 is 0 Å². The van der Waals surface area contributed by atoms with Gasteiger partial charge in [-0.2, -0.15) is 0 Å².